The largest absolute Gasteiger partial charge is 0.508 e. The molecule has 0 radical (unpaired) electrons. The Kier molecular flexibility index (Phi) is 4.32. The number of aromatic hydroxyl groups is 1. The van der Waals surface area contributed by atoms with Crippen LogP contribution in [0.1, 0.15) is 53.6 Å². The molecule has 3 aromatic rings. The summed E-state index contributed by atoms with van der Waals surface area (Å²) < 4.78 is 2.47. The van der Waals surface area contributed by atoms with Crippen LogP contribution >= 0.6 is 12.2 Å². The highest BCUT2D eigenvalue weighted by Crippen LogP contribution is 2.46. The normalized spacial score (nSPS) is 21.4. The first kappa shape index (κ1) is 18.2. The van der Waals surface area contributed by atoms with Gasteiger partial charge in [0, 0.05) is 29.3 Å². The van der Waals surface area contributed by atoms with E-state index in [0.717, 1.165) is 11.4 Å². The molecule has 2 aromatic heterocycles. The van der Waals surface area contributed by atoms with Crippen LogP contribution in [0.4, 0.5) is 5.69 Å². The number of hydrogen-bond donors (Lipinski definition) is 2. The van der Waals surface area contributed by atoms with E-state index in [-0.39, 0.29) is 17.8 Å². The molecule has 0 bridgehead atoms. The molecule has 29 heavy (non-hydrogen) atoms. The van der Waals surface area contributed by atoms with Crippen molar-refractivity contribution in [2.75, 3.05) is 4.90 Å². The van der Waals surface area contributed by atoms with Gasteiger partial charge in [0.15, 0.2) is 5.11 Å². The van der Waals surface area contributed by atoms with Crippen LogP contribution in [-0.4, -0.2) is 19.8 Å². The van der Waals surface area contributed by atoms with Gasteiger partial charge in [0.05, 0.1) is 17.8 Å². The van der Waals surface area contributed by atoms with Gasteiger partial charge in [0.25, 0.3) is 0 Å². The molecular weight excluding hydrogens is 380 g/mol. The van der Waals surface area contributed by atoms with Crippen LogP contribution < -0.4 is 10.2 Å². The number of pyridine rings is 1. The second-order valence-electron chi connectivity index (χ2n) is 7.94. The number of aromatic nitrogens is 2. The molecule has 1 saturated carbocycles. The van der Waals surface area contributed by atoms with Crippen molar-refractivity contribution in [3.05, 3.63) is 77.4 Å². The first-order chi connectivity index (χ1) is 14.0. The maximum Gasteiger partial charge on any atom is 0.174 e. The zero-order valence-electron chi connectivity index (χ0n) is 16.5. The molecule has 2 unspecified atom stereocenters. The minimum absolute atomic E-state index is 0.0133. The SMILES string of the molecule is Cc1cc(C2C(c3ccccn3)NC(=S)N2c2ccc(O)cc2)c(C)n1C1CC1. The van der Waals surface area contributed by atoms with E-state index in [1.807, 2.05) is 36.5 Å². The summed E-state index contributed by atoms with van der Waals surface area (Å²) in [5, 5.41) is 13.9. The van der Waals surface area contributed by atoms with E-state index in [2.05, 4.69) is 39.7 Å². The van der Waals surface area contributed by atoms with E-state index < -0.39 is 0 Å². The van der Waals surface area contributed by atoms with Crippen LogP contribution in [0.2, 0.25) is 0 Å². The first-order valence-electron chi connectivity index (χ1n) is 10.0. The Morgan fingerprint density at radius 3 is 2.52 bits per heavy atom. The number of benzene rings is 1. The van der Waals surface area contributed by atoms with Gasteiger partial charge in [-0.2, -0.15) is 0 Å². The van der Waals surface area contributed by atoms with E-state index >= 15 is 0 Å². The Labute approximate surface area is 176 Å². The molecule has 3 heterocycles. The van der Waals surface area contributed by atoms with Crippen molar-refractivity contribution in [2.45, 2.75) is 44.8 Å². The van der Waals surface area contributed by atoms with Crippen molar-refractivity contribution in [3.63, 3.8) is 0 Å². The summed E-state index contributed by atoms with van der Waals surface area (Å²) in [5.41, 5.74) is 5.79. The second kappa shape index (κ2) is 6.88. The van der Waals surface area contributed by atoms with E-state index in [4.69, 9.17) is 12.2 Å². The summed E-state index contributed by atoms with van der Waals surface area (Å²) in [6.45, 7) is 4.41. The maximum atomic E-state index is 9.75. The Bertz CT molecular complexity index is 1060. The average molecular weight is 405 g/mol. The van der Waals surface area contributed by atoms with Gasteiger partial charge in [0.1, 0.15) is 5.75 Å². The molecule has 5 nitrogen and oxygen atoms in total. The number of nitrogens with one attached hydrogen (secondary N) is 1. The predicted octanol–water partition coefficient (Wildman–Crippen LogP) is 4.72. The molecule has 2 aliphatic rings. The fraction of sp³-hybridized carbons (Fsp3) is 0.304. The van der Waals surface area contributed by atoms with Gasteiger partial charge in [-0.15, -0.1) is 0 Å². The van der Waals surface area contributed by atoms with Crippen LogP contribution in [0.15, 0.2) is 54.7 Å². The average Bonchev–Trinajstić information content (AvgIpc) is 3.43. The van der Waals surface area contributed by atoms with Crippen LogP contribution in [0.5, 0.6) is 5.75 Å². The van der Waals surface area contributed by atoms with Gasteiger partial charge in [-0.1, -0.05) is 6.07 Å². The van der Waals surface area contributed by atoms with Crippen molar-refractivity contribution in [1.82, 2.24) is 14.9 Å². The van der Waals surface area contributed by atoms with Crippen LogP contribution in [0.25, 0.3) is 0 Å². The number of nitrogens with zero attached hydrogens (tertiary/aromatic N) is 3. The first-order valence-corrected chi connectivity index (χ1v) is 10.4. The molecule has 1 saturated heterocycles. The number of aryl methyl sites for hydroxylation is 1. The summed E-state index contributed by atoms with van der Waals surface area (Å²) in [4.78, 5) is 6.78. The number of hydrogen-bond acceptors (Lipinski definition) is 3. The zero-order chi connectivity index (χ0) is 20.1. The summed E-state index contributed by atoms with van der Waals surface area (Å²) in [6, 6.07) is 16.1. The van der Waals surface area contributed by atoms with Gasteiger partial charge in [-0.05, 0) is 86.9 Å². The number of rotatable bonds is 4. The second-order valence-corrected chi connectivity index (χ2v) is 8.33. The third kappa shape index (κ3) is 3.08. The Morgan fingerprint density at radius 2 is 1.86 bits per heavy atom. The van der Waals surface area contributed by atoms with Gasteiger partial charge in [-0.3, -0.25) is 4.98 Å². The van der Waals surface area contributed by atoms with Crippen molar-refractivity contribution in [2.24, 2.45) is 0 Å². The standard InChI is InChI=1S/C23H24N4OS/c1-14-13-19(15(2)26(14)16-6-7-16)22-21(20-5-3-4-12-24-20)25-23(29)27(22)17-8-10-18(28)11-9-17/h3-5,8-13,16,21-22,28H,6-7H2,1-2H3,(H,25,29). The number of anilines is 1. The molecule has 6 heteroatoms. The molecule has 148 valence electrons. The smallest absolute Gasteiger partial charge is 0.174 e. The van der Waals surface area contributed by atoms with Crippen molar-refractivity contribution in [1.29, 1.82) is 0 Å². The van der Waals surface area contributed by atoms with Crippen LogP contribution in [0, 0.1) is 13.8 Å². The fourth-order valence-corrected chi connectivity index (χ4v) is 4.90. The highest BCUT2D eigenvalue weighted by molar-refractivity contribution is 7.80. The minimum atomic E-state index is -0.0503. The van der Waals surface area contributed by atoms with E-state index in [1.165, 1.54) is 29.8 Å². The quantitative estimate of drug-likeness (QED) is 0.617. The summed E-state index contributed by atoms with van der Waals surface area (Å²) in [5.74, 6) is 0.247. The number of phenolic OH excluding ortho intramolecular Hbond substituents is 1. The van der Waals surface area contributed by atoms with Crippen molar-refractivity contribution < 1.29 is 5.11 Å². The number of phenols is 1. The monoisotopic (exact) mass is 404 g/mol. The molecule has 2 fully saturated rings. The molecule has 0 amide bonds. The molecular formula is C23H24N4OS. The maximum absolute atomic E-state index is 9.75. The van der Waals surface area contributed by atoms with Crippen molar-refractivity contribution in [3.8, 4) is 5.75 Å². The lowest BCUT2D eigenvalue weighted by Gasteiger charge is -2.28. The topological polar surface area (TPSA) is 53.3 Å². The summed E-state index contributed by atoms with van der Waals surface area (Å²) in [6.07, 6.45) is 4.33. The third-order valence-electron chi connectivity index (χ3n) is 5.98. The minimum Gasteiger partial charge on any atom is -0.508 e. The predicted molar refractivity (Wildman–Crippen MR) is 118 cm³/mol. The van der Waals surface area contributed by atoms with Gasteiger partial charge in [-0.25, -0.2) is 0 Å². The molecule has 5 rings (SSSR count). The lowest BCUT2D eigenvalue weighted by molar-refractivity contribution is 0.475. The molecule has 2 N–H and O–H groups in total. The summed E-state index contributed by atoms with van der Waals surface area (Å²) >= 11 is 5.77. The lowest BCUT2D eigenvalue weighted by atomic mass is 9.96. The highest BCUT2D eigenvalue weighted by Gasteiger charge is 2.42. The van der Waals surface area contributed by atoms with E-state index in [0.29, 0.717) is 11.2 Å². The Balaban J connectivity index is 1.66. The van der Waals surface area contributed by atoms with Gasteiger partial charge < -0.3 is 19.9 Å². The fourth-order valence-electron chi connectivity index (χ4n) is 4.56. The van der Waals surface area contributed by atoms with Crippen LogP contribution in [-0.2, 0) is 0 Å². The van der Waals surface area contributed by atoms with Gasteiger partial charge in [0.2, 0.25) is 0 Å². The van der Waals surface area contributed by atoms with E-state index in [9.17, 15) is 5.11 Å². The summed E-state index contributed by atoms with van der Waals surface area (Å²) in [7, 11) is 0. The zero-order valence-corrected chi connectivity index (χ0v) is 17.4. The van der Waals surface area contributed by atoms with Gasteiger partial charge >= 0.3 is 0 Å². The lowest BCUT2D eigenvalue weighted by Crippen LogP contribution is -2.29. The van der Waals surface area contributed by atoms with E-state index in [1.54, 1.807) is 12.1 Å². The molecule has 1 aliphatic heterocycles. The number of thiocarbonyl (C=S) groups is 1. The third-order valence-corrected chi connectivity index (χ3v) is 6.29. The molecule has 0 spiro atoms. The molecule has 1 aromatic carbocycles. The van der Waals surface area contributed by atoms with Crippen molar-refractivity contribution >= 4 is 23.0 Å². The molecule has 1 aliphatic carbocycles. The Hall–Kier alpha value is -2.86. The molecule has 2 atom stereocenters. The highest BCUT2D eigenvalue weighted by atomic mass is 32.1. The Morgan fingerprint density at radius 1 is 1.10 bits per heavy atom. The van der Waals surface area contributed by atoms with Crippen LogP contribution in [0.3, 0.4) is 0 Å².